The quantitative estimate of drug-likeness (QED) is 0.713. The summed E-state index contributed by atoms with van der Waals surface area (Å²) in [6, 6.07) is 5.72. The van der Waals surface area contributed by atoms with Crippen molar-refractivity contribution in [1.29, 1.82) is 0 Å². The van der Waals surface area contributed by atoms with Crippen molar-refractivity contribution in [3.63, 3.8) is 0 Å². The number of aromatic nitrogens is 1. The molecule has 10 heavy (non-hydrogen) atoms. The summed E-state index contributed by atoms with van der Waals surface area (Å²) in [4.78, 5) is 3.78. The first kappa shape index (κ1) is 16.6. The molecule has 0 radical (unpaired) electrons. The summed E-state index contributed by atoms with van der Waals surface area (Å²) in [6.45, 7) is 0. The molecule has 63 valence electrons. The fraction of sp³-hybridized carbons (Fsp3) is 0. The van der Waals surface area contributed by atoms with E-state index in [0.29, 0.717) is 0 Å². The number of halogens is 1. The number of hydrogen-bond acceptors (Lipinski definition) is 1. The van der Waals surface area contributed by atoms with Gasteiger partial charge in [-0.1, -0.05) is 6.07 Å². The van der Waals surface area contributed by atoms with Crippen LogP contribution in [-0.4, -0.2) is 4.98 Å². The molecule has 0 aliphatic heterocycles. The van der Waals surface area contributed by atoms with Crippen LogP contribution in [0.1, 0.15) is 0 Å². The van der Waals surface area contributed by atoms with Crippen LogP contribution in [0.2, 0.25) is 0 Å². The number of pyridine rings is 1. The molecule has 3 nitrogen and oxygen atoms in total. The molecule has 0 aliphatic carbocycles. The largest absolute Gasteiger partial charge is 0.693 e. The van der Waals surface area contributed by atoms with E-state index < -0.39 is 0 Å². The van der Waals surface area contributed by atoms with E-state index in [1.165, 1.54) is 0 Å². The van der Waals surface area contributed by atoms with Crippen LogP contribution in [-0.2, 0) is 18.8 Å². The summed E-state index contributed by atoms with van der Waals surface area (Å²) in [5.74, 6) is 0. The van der Waals surface area contributed by atoms with E-state index in [9.17, 15) is 0 Å². The summed E-state index contributed by atoms with van der Waals surface area (Å²) < 4.78 is 0. The summed E-state index contributed by atoms with van der Waals surface area (Å²) >= 11 is 1.61. The average Bonchev–Trinajstić information content (AvgIpc) is 1.96. The van der Waals surface area contributed by atoms with Crippen LogP contribution in [0.5, 0.6) is 0 Å². The molecule has 0 spiro atoms. The summed E-state index contributed by atoms with van der Waals surface area (Å²) in [7, 11) is 4.61. The first-order valence-corrected chi connectivity index (χ1v) is 4.78. The topological polar surface area (TPSA) is 79.9 Å². The van der Waals surface area contributed by atoms with E-state index >= 15 is 0 Å². The SMILES string of the molecule is [Cl][Pt].[NH2-].[NH2-].c1ccncc1. The molecule has 0 bridgehead atoms. The Morgan fingerprint density at radius 2 is 1.30 bits per heavy atom. The van der Waals surface area contributed by atoms with Crippen LogP contribution in [0.25, 0.3) is 12.3 Å². The van der Waals surface area contributed by atoms with Gasteiger partial charge < -0.3 is 12.3 Å². The van der Waals surface area contributed by atoms with E-state index in [0.717, 1.165) is 0 Å². The van der Waals surface area contributed by atoms with Gasteiger partial charge in [-0.2, -0.15) is 0 Å². The molecule has 1 heterocycles. The van der Waals surface area contributed by atoms with Crippen molar-refractivity contribution in [2.75, 3.05) is 0 Å². The first-order chi connectivity index (χ1) is 4.00. The molecule has 0 aromatic carbocycles. The summed E-state index contributed by atoms with van der Waals surface area (Å²) in [6.07, 6.45) is 3.50. The second kappa shape index (κ2) is 16.0. The molecule has 0 fully saturated rings. The van der Waals surface area contributed by atoms with Crippen LogP contribution in [0.3, 0.4) is 0 Å². The van der Waals surface area contributed by atoms with Crippen molar-refractivity contribution in [1.82, 2.24) is 4.98 Å². The van der Waals surface area contributed by atoms with Crippen molar-refractivity contribution in [2.24, 2.45) is 0 Å². The number of hydrogen-bond donors (Lipinski definition) is 0. The maximum absolute atomic E-state index is 4.61. The summed E-state index contributed by atoms with van der Waals surface area (Å²) in [5, 5.41) is 0. The fourth-order valence-corrected chi connectivity index (χ4v) is 0.313. The van der Waals surface area contributed by atoms with Crippen LogP contribution in [0.4, 0.5) is 0 Å². The molecular formula is C5H9ClN3Pt-2. The smallest absolute Gasteiger partial charge is 0.0267 e. The Kier molecular flexibility index (Phi) is 26.5. The summed E-state index contributed by atoms with van der Waals surface area (Å²) in [5.41, 5.74) is 0. The zero-order valence-electron chi connectivity index (χ0n) is 5.18. The van der Waals surface area contributed by atoms with E-state index in [1.807, 2.05) is 18.2 Å². The molecule has 0 aliphatic rings. The van der Waals surface area contributed by atoms with Gasteiger partial charge in [-0.3, -0.25) is 4.98 Å². The maximum Gasteiger partial charge on any atom is 0.0267 e. The maximum atomic E-state index is 4.61. The second-order valence-electron chi connectivity index (χ2n) is 1.02. The minimum Gasteiger partial charge on any atom is -0.693 e. The minimum atomic E-state index is 0. The first-order valence-electron chi connectivity index (χ1n) is 1.97. The Labute approximate surface area is 76.2 Å². The molecule has 1 aromatic heterocycles. The molecule has 4 N–H and O–H groups in total. The third-order valence-corrected chi connectivity index (χ3v) is 0.566. The molecule has 0 amide bonds. The zero-order valence-corrected chi connectivity index (χ0v) is 8.21. The van der Waals surface area contributed by atoms with Gasteiger partial charge in [0.1, 0.15) is 0 Å². The predicted octanol–water partition coefficient (Wildman–Crippen LogP) is 3.20. The van der Waals surface area contributed by atoms with Gasteiger partial charge in [0.05, 0.1) is 0 Å². The third kappa shape index (κ3) is 10.9. The van der Waals surface area contributed by atoms with Gasteiger partial charge in [0, 0.05) is 12.4 Å². The van der Waals surface area contributed by atoms with Crippen LogP contribution < -0.4 is 0 Å². The van der Waals surface area contributed by atoms with Gasteiger partial charge in [0.25, 0.3) is 0 Å². The van der Waals surface area contributed by atoms with E-state index in [2.05, 4.69) is 14.4 Å². The van der Waals surface area contributed by atoms with Crippen LogP contribution in [0, 0.1) is 0 Å². The van der Waals surface area contributed by atoms with Crippen LogP contribution in [0.15, 0.2) is 30.6 Å². The Morgan fingerprint density at radius 1 is 0.900 bits per heavy atom. The fourth-order valence-electron chi connectivity index (χ4n) is 0.313. The van der Waals surface area contributed by atoms with E-state index in [4.69, 9.17) is 0 Å². The second-order valence-corrected chi connectivity index (χ2v) is 1.02. The minimum absolute atomic E-state index is 0. The molecule has 0 atom stereocenters. The number of nitrogens with zero attached hydrogens (tertiary/aromatic N) is 1. The third-order valence-electron chi connectivity index (χ3n) is 0.566. The Bertz CT molecular complexity index is 88.8. The Morgan fingerprint density at radius 3 is 1.40 bits per heavy atom. The zero-order chi connectivity index (χ0) is 6.24. The Hall–Kier alpha value is 0.0483. The van der Waals surface area contributed by atoms with Gasteiger partial charge in [-0.05, 0) is 12.1 Å². The van der Waals surface area contributed by atoms with E-state index in [-0.39, 0.29) is 12.3 Å². The number of nitrogens with two attached hydrogens (primary N) is 2. The molecular weight excluding hydrogens is 333 g/mol. The average molecular weight is 342 g/mol. The van der Waals surface area contributed by atoms with Gasteiger partial charge >= 0.3 is 28.2 Å². The molecule has 1 rings (SSSR count). The monoisotopic (exact) mass is 341 g/mol. The molecule has 0 saturated carbocycles. The standard InChI is InChI=1S/C5H5N.ClH.2H2N.Pt/c1-2-4-6-5-3-1;;;;/h1-5H;1H;2*1H2;/q;;2*-1;+1/p-1. The predicted molar refractivity (Wildman–Crippen MR) is 40.7 cm³/mol. The van der Waals surface area contributed by atoms with Crippen molar-refractivity contribution >= 4 is 9.42 Å². The van der Waals surface area contributed by atoms with Gasteiger partial charge in [-0.15, -0.1) is 0 Å². The van der Waals surface area contributed by atoms with Gasteiger partial charge in [0.15, 0.2) is 0 Å². The normalized spacial score (nSPS) is 5.50. The van der Waals surface area contributed by atoms with Crippen molar-refractivity contribution in [3.05, 3.63) is 42.9 Å². The van der Waals surface area contributed by atoms with Crippen molar-refractivity contribution in [3.8, 4) is 0 Å². The van der Waals surface area contributed by atoms with Crippen molar-refractivity contribution < 1.29 is 18.8 Å². The van der Waals surface area contributed by atoms with Gasteiger partial charge in [0.2, 0.25) is 0 Å². The van der Waals surface area contributed by atoms with Gasteiger partial charge in [-0.25, -0.2) is 0 Å². The van der Waals surface area contributed by atoms with Crippen molar-refractivity contribution in [2.45, 2.75) is 0 Å². The molecule has 0 saturated heterocycles. The molecule has 1 aromatic rings. The van der Waals surface area contributed by atoms with Crippen LogP contribution >= 0.6 is 9.42 Å². The molecule has 0 unspecified atom stereocenters. The number of rotatable bonds is 0. The van der Waals surface area contributed by atoms with E-state index in [1.54, 1.807) is 31.2 Å². The molecule has 5 heteroatoms. The Balaban J connectivity index is -0.000000114.